The highest BCUT2D eigenvalue weighted by atomic mass is 79.9. The van der Waals surface area contributed by atoms with Gasteiger partial charge in [-0.2, -0.15) is 0 Å². The molecule has 0 aliphatic heterocycles. The Kier molecular flexibility index (Phi) is 7.26. The summed E-state index contributed by atoms with van der Waals surface area (Å²) in [6, 6.07) is 0. The van der Waals surface area contributed by atoms with E-state index >= 15 is 0 Å². The molecule has 0 aliphatic rings. The van der Waals surface area contributed by atoms with Crippen LogP contribution in [0.2, 0.25) is 0 Å². The zero-order valence-corrected chi connectivity index (χ0v) is 16.0. The molecule has 19 heavy (non-hydrogen) atoms. The number of halogens is 4. The molecule has 108 valence electrons. The number of nitrogens with one attached hydrogen (secondary N) is 1. The molecule has 0 bridgehead atoms. The number of alkyl halides is 4. The first kappa shape index (κ1) is 17.4. The van der Waals surface area contributed by atoms with Gasteiger partial charge in [0.05, 0.1) is 0 Å². The van der Waals surface area contributed by atoms with Crippen LogP contribution in [0.25, 0.3) is 0 Å². The van der Waals surface area contributed by atoms with E-state index in [1.54, 1.807) is 0 Å². The Labute approximate surface area is 142 Å². The third kappa shape index (κ3) is 4.68. The van der Waals surface area contributed by atoms with E-state index in [0.717, 1.165) is 9.13 Å². The largest absolute Gasteiger partial charge is 0.336 e. The number of hydrogen-bond acceptors (Lipinski definition) is 3. The van der Waals surface area contributed by atoms with Gasteiger partial charge < -0.3 is 0 Å². The van der Waals surface area contributed by atoms with E-state index in [0.29, 0.717) is 10.7 Å². The first-order chi connectivity index (χ1) is 8.90. The van der Waals surface area contributed by atoms with E-state index in [4.69, 9.17) is 0 Å². The smallest absolute Gasteiger partial charge is 0.259 e. The van der Waals surface area contributed by atoms with Crippen LogP contribution in [-0.2, 0) is 13.1 Å². The van der Waals surface area contributed by atoms with Crippen LogP contribution in [-0.4, -0.2) is 34.4 Å². The number of aromatic nitrogens is 3. The third-order valence-electron chi connectivity index (χ3n) is 2.26. The van der Waals surface area contributed by atoms with Crippen molar-refractivity contribution in [2.24, 2.45) is 0 Å². The van der Waals surface area contributed by atoms with E-state index in [1.165, 1.54) is 0 Å². The van der Waals surface area contributed by atoms with Crippen LogP contribution in [0.4, 0.5) is 0 Å². The maximum absolute atomic E-state index is 12.1. The number of rotatable bonds is 6. The average molecular weight is 529 g/mol. The summed E-state index contributed by atoms with van der Waals surface area (Å²) in [5.74, 6) is 0. The van der Waals surface area contributed by atoms with E-state index in [-0.39, 0.29) is 22.7 Å². The third-order valence-corrected chi connectivity index (χ3v) is 6.79. The van der Waals surface area contributed by atoms with Gasteiger partial charge in [-0.25, -0.2) is 23.5 Å². The van der Waals surface area contributed by atoms with Gasteiger partial charge in [0.25, 0.3) is 0 Å². The van der Waals surface area contributed by atoms with Gasteiger partial charge in [-0.05, 0) is 0 Å². The summed E-state index contributed by atoms with van der Waals surface area (Å²) in [5, 5.41) is 1.17. The first-order valence-corrected chi connectivity index (χ1v) is 9.32. The molecular formula is C9H11Br4N3O3. The molecular weight excluding hydrogens is 518 g/mol. The Hall–Kier alpha value is 0.330. The molecule has 1 aromatic rings. The number of nitrogens with zero attached hydrogens (tertiary/aromatic N) is 2. The number of aromatic amines is 1. The molecule has 0 aliphatic carbocycles. The van der Waals surface area contributed by atoms with Crippen molar-refractivity contribution in [1.29, 1.82) is 0 Å². The first-order valence-electron chi connectivity index (χ1n) is 5.24. The van der Waals surface area contributed by atoms with Gasteiger partial charge in [0.1, 0.15) is 0 Å². The van der Waals surface area contributed by atoms with Gasteiger partial charge >= 0.3 is 17.1 Å². The zero-order chi connectivity index (χ0) is 14.6. The summed E-state index contributed by atoms with van der Waals surface area (Å²) in [5.41, 5.74) is -1.99. The summed E-state index contributed by atoms with van der Waals surface area (Å²) in [6.45, 7) is 0.363. The fraction of sp³-hybridized carbons (Fsp3) is 0.667. The Balaban J connectivity index is 3.27. The van der Waals surface area contributed by atoms with Crippen LogP contribution in [0.3, 0.4) is 0 Å². The molecule has 0 saturated heterocycles. The van der Waals surface area contributed by atoms with Crippen molar-refractivity contribution in [3.05, 3.63) is 31.5 Å². The normalized spacial score (nSPS) is 14.3. The second-order valence-corrected chi connectivity index (χ2v) is 7.63. The summed E-state index contributed by atoms with van der Waals surface area (Å²) >= 11 is 13.2. The SMILES string of the molecule is O=c1[nH]c(=O)n(C[C@H](Br)CBr)c(=O)n1C[C@H](Br)CBr. The molecule has 6 nitrogen and oxygen atoms in total. The van der Waals surface area contributed by atoms with E-state index in [2.05, 4.69) is 68.7 Å². The molecule has 1 heterocycles. The highest BCUT2D eigenvalue weighted by Crippen LogP contribution is 2.05. The maximum atomic E-state index is 12.1. The van der Waals surface area contributed by atoms with Gasteiger partial charge in [-0.15, -0.1) is 0 Å². The van der Waals surface area contributed by atoms with Crippen LogP contribution >= 0.6 is 63.7 Å². The topological polar surface area (TPSA) is 76.9 Å². The fourth-order valence-corrected chi connectivity index (χ4v) is 2.35. The molecule has 0 radical (unpaired) electrons. The highest BCUT2D eigenvalue weighted by molar-refractivity contribution is 9.12. The minimum atomic E-state index is -0.693. The minimum Gasteiger partial charge on any atom is -0.259 e. The molecule has 0 aromatic carbocycles. The Morgan fingerprint density at radius 2 is 1.26 bits per heavy atom. The average Bonchev–Trinajstić information content (AvgIpc) is 2.38. The van der Waals surface area contributed by atoms with Crippen LogP contribution in [0.1, 0.15) is 0 Å². The van der Waals surface area contributed by atoms with Crippen LogP contribution < -0.4 is 17.1 Å². The van der Waals surface area contributed by atoms with Crippen molar-refractivity contribution in [3.8, 4) is 0 Å². The molecule has 1 rings (SSSR count). The van der Waals surface area contributed by atoms with Gasteiger partial charge in [-0.1, -0.05) is 63.7 Å². The predicted molar refractivity (Wildman–Crippen MR) is 88.6 cm³/mol. The molecule has 0 amide bonds. The molecule has 2 atom stereocenters. The number of hydrogen-bond donors (Lipinski definition) is 1. The summed E-state index contributed by atoms with van der Waals surface area (Å²) in [7, 11) is 0. The lowest BCUT2D eigenvalue weighted by atomic mass is 10.4. The summed E-state index contributed by atoms with van der Waals surface area (Å²) in [4.78, 5) is 37.5. The van der Waals surface area contributed by atoms with E-state index in [9.17, 15) is 14.4 Å². The lowest BCUT2D eigenvalue weighted by Gasteiger charge is -2.12. The van der Waals surface area contributed by atoms with Crippen LogP contribution in [0, 0.1) is 0 Å². The van der Waals surface area contributed by atoms with Crippen molar-refractivity contribution in [2.45, 2.75) is 22.7 Å². The van der Waals surface area contributed by atoms with Gasteiger partial charge in [0.15, 0.2) is 0 Å². The molecule has 10 heteroatoms. The Bertz CT molecular complexity index is 546. The maximum Gasteiger partial charge on any atom is 0.336 e. The van der Waals surface area contributed by atoms with Gasteiger partial charge in [0, 0.05) is 33.4 Å². The van der Waals surface area contributed by atoms with E-state index < -0.39 is 17.1 Å². The lowest BCUT2D eigenvalue weighted by molar-refractivity contribution is 0.514. The highest BCUT2D eigenvalue weighted by Gasteiger charge is 2.14. The molecule has 1 N–H and O–H groups in total. The van der Waals surface area contributed by atoms with Crippen molar-refractivity contribution >= 4 is 63.7 Å². The quantitative estimate of drug-likeness (QED) is 0.560. The second-order valence-electron chi connectivity index (χ2n) is 3.74. The summed E-state index contributed by atoms with van der Waals surface area (Å²) in [6.07, 6.45) is 0. The molecule has 0 spiro atoms. The Morgan fingerprint density at radius 3 is 1.58 bits per heavy atom. The molecule has 1 aromatic heterocycles. The predicted octanol–water partition coefficient (Wildman–Crippen LogP) is 1.02. The fourth-order valence-electron chi connectivity index (χ4n) is 1.36. The van der Waals surface area contributed by atoms with Crippen molar-refractivity contribution in [3.63, 3.8) is 0 Å². The second kappa shape index (κ2) is 7.94. The summed E-state index contributed by atoms with van der Waals surface area (Å²) < 4.78 is 2.02. The monoisotopic (exact) mass is 525 g/mol. The van der Waals surface area contributed by atoms with Crippen LogP contribution in [0.15, 0.2) is 14.4 Å². The van der Waals surface area contributed by atoms with Crippen molar-refractivity contribution in [2.75, 3.05) is 10.7 Å². The van der Waals surface area contributed by atoms with Crippen molar-refractivity contribution in [1.82, 2.24) is 14.1 Å². The Morgan fingerprint density at radius 1 is 0.895 bits per heavy atom. The molecule has 0 unspecified atom stereocenters. The molecule has 0 saturated carbocycles. The van der Waals surface area contributed by atoms with Crippen LogP contribution in [0.5, 0.6) is 0 Å². The standard InChI is InChI=1S/C9H11Br4N3O3/c10-1-5(12)3-15-7(17)14-8(18)16(9(15)19)4-6(13)2-11/h5-6H,1-4H2,(H,14,17,18)/t5-,6-/m1/s1. The van der Waals surface area contributed by atoms with E-state index in [1.807, 2.05) is 0 Å². The van der Waals surface area contributed by atoms with Gasteiger partial charge in [-0.3, -0.25) is 4.98 Å². The lowest BCUT2D eigenvalue weighted by Crippen LogP contribution is -2.51. The zero-order valence-electron chi connectivity index (χ0n) is 9.61. The minimum absolute atomic E-state index is 0.0757. The van der Waals surface area contributed by atoms with Gasteiger partial charge in [0.2, 0.25) is 0 Å². The number of H-pyrrole nitrogens is 1. The molecule has 0 fully saturated rings. The van der Waals surface area contributed by atoms with Crippen molar-refractivity contribution < 1.29 is 0 Å².